The molecule has 19 heavy (non-hydrogen) atoms. The lowest BCUT2D eigenvalue weighted by Crippen LogP contribution is -2.19. The predicted octanol–water partition coefficient (Wildman–Crippen LogP) is 3.21. The molecule has 0 heterocycles. The standard InChI is InChI=1S/C12H14N2O5/c15-13(16)9-6-10(14(17)18)8-12(7-9)19-11-4-2-1-3-5-11/h6-8,11H,1-5H2. The van der Waals surface area contributed by atoms with Crippen LogP contribution in [-0.4, -0.2) is 16.0 Å². The van der Waals surface area contributed by atoms with Gasteiger partial charge in [0.2, 0.25) is 0 Å². The SMILES string of the molecule is O=[N+]([O-])c1cc(OC2CCCCC2)cc([N+](=O)[O-])c1. The van der Waals surface area contributed by atoms with Gasteiger partial charge in [-0.05, 0) is 25.7 Å². The molecule has 0 radical (unpaired) electrons. The van der Waals surface area contributed by atoms with Crippen LogP contribution in [0.2, 0.25) is 0 Å². The minimum absolute atomic E-state index is 0.00430. The molecule has 0 unspecified atom stereocenters. The molecule has 102 valence electrons. The third kappa shape index (κ3) is 3.40. The van der Waals surface area contributed by atoms with Gasteiger partial charge in [-0.25, -0.2) is 0 Å². The summed E-state index contributed by atoms with van der Waals surface area (Å²) in [5.74, 6) is 0.202. The van der Waals surface area contributed by atoms with Gasteiger partial charge in [0.25, 0.3) is 11.4 Å². The zero-order valence-corrected chi connectivity index (χ0v) is 10.3. The molecule has 1 aromatic rings. The summed E-state index contributed by atoms with van der Waals surface area (Å²) in [5.41, 5.74) is -0.639. The molecule has 0 aromatic heterocycles. The van der Waals surface area contributed by atoms with Gasteiger partial charge in [-0.2, -0.15) is 0 Å². The van der Waals surface area contributed by atoms with Gasteiger partial charge < -0.3 is 4.74 Å². The number of benzene rings is 1. The molecule has 0 aliphatic heterocycles. The molecule has 0 spiro atoms. The maximum Gasteiger partial charge on any atom is 0.280 e. The molecule has 1 aliphatic rings. The van der Waals surface area contributed by atoms with Crippen LogP contribution in [0.25, 0.3) is 0 Å². The predicted molar refractivity (Wildman–Crippen MR) is 67.3 cm³/mol. The zero-order valence-electron chi connectivity index (χ0n) is 10.3. The van der Waals surface area contributed by atoms with Crippen molar-refractivity contribution in [3.05, 3.63) is 38.4 Å². The summed E-state index contributed by atoms with van der Waals surface area (Å²) in [6, 6.07) is 3.41. The van der Waals surface area contributed by atoms with Crippen molar-refractivity contribution >= 4 is 11.4 Å². The summed E-state index contributed by atoms with van der Waals surface area (Å²) in [5, 5.41) is 21.5. The van der Waals surface area contributed by atoms with E-state index in [4.69, 9.17) is 4.74 Å². The Kier molecular flexibility index (Phi) is 3.94. The number of non-ortho nitro benzene ring substituents is 2. The zero-order chi connectivity index (χ0) is 13.8. The van der Waals surface area contributed by atoms with E-state index in [1.165, 1.54) is 12.1 Å². The molecular formula is C12H14N2O5. The van der Waals surface area contributed by atoms with Crippen molar-refractivity contribution in [3.63, 3.8) is 0 Å². The Labute approximate surface area is 109 Å². The van der Waals surface area contributed by atoms with Crippen LogP contribution in [0.3, 0.4) is 0 Å². The Hall–Kier alpha value is -2.18. The first-order valence-corrected chi connectivity index (χ1v) is 6.17. The van der Waals surface area contributed by atoms with Crippen LogP contribution in [0.1, 0.15) is 32.1 Å². The van der Waals surface area contributed by atoms with Crippen molar-refractivity contribution in [2.24, 2.45) is 0 Å². The molecular weight excluding hydrogens is 252 g/mol. The largest absolute Gasteiger partial charge is 0.490 e. The van der Waals surface area contributed by atoms with Gasteiger partial charge in [0.15, 0.2) is 0 Å². The van der Waals surface area contributed by atoms with Crippen molar-refractivity contribution in [2.75, 3.05) is 0 Å². The van der Waals surface area contributed by atoms with Gasteiger partial charge in [0, 0.05) is 0 Å². The third-order valence-corrected chi connectivity index (χ3v) is 3.15. The first-order chi connectivity index (χ1) is 9.06. The van der Waals surface area contributed by atoms with Crippen LogP contribution in [-0.2, 0) is 0 Å². The number of nitro benzene ring substituents is 2. The number of hydrogen-bond donors (Lipinski definition) is 0. The van der Waals surface area contributed by atoms with Crippen LogP contribution in [0.15, 0.2) is 18.2 Å². The first kappa shape index (κ1) is 13.3. The first-order valence-electron chi connectivity index (χ1n) is 6.17. The molecule has 0 N–H and O–H groups in total. The second-order valence-corrected chi connectivity index (χ2v) is 4.58. The second-order valence-electron chi connectivity index (χ2n) is 4.58. The van der Waals surface area contributed by atoms with Crippen molar-refractivity contribution in [3.8, 4) is 5.75 Å². The highest BCUT2D eigenvalue weighted by Gasteiger charge is 2.20. The van der Waals surface area contributed by atoms with Crippen LogP contribution in [0.5, 0.6) is 5.75 Å². The van der Waals surface area contributed by atoms with Crippen LogP contribution in [0, 0.1) is 20.2 Å². The lowest BCUT2D eigenvalue weighted by molar-refractivity contribution is -0.394. The molecule has 0 amide bonds. The Morgan fingerprint density at radius 1 is 0.947 bits per heavy atom. The van der Waals surface area contributed by atoms with Crippen molar-refractivity contribution in [1.82, 2.24) is 0 Å². The Morgan fingerprint density at radius 3 is 1.95 bits per heavy atom. The van der Waals surface area contributed by atoms with Gasteiger partial charge in [-0.3, -0.25) is 20.2 Å². The van der Waals surface area contributed by atoms with E-state index in [0.717, 1.165) is 38.2 Å². The van der Waals surface area contributed by atoms with Crippen molar-refractivity contribution in [2.45, 2.75) is 38.2 Å². The molecule has 0 atom stereocenters. The van der Waals surface area contributed by atoms with E-state index in [0.29, 0.717) is 0 Å². The van der Waals surface area contributed by atoms with Gasteiger partial charge in [0.05, 0.1) is 34.1 Å². The number of rotatable bonds is 4. The van der Waals surface area contributed by atoms with Gasteiger partial charge in [0.1, 0.15) is 5.75 Å². The summed E-state index contributed by atoms with van der Waals surface area (Å²) >= 11 is 0. The Bertz CT molecular complexity index is 465. The molecule has 0 saturated heterocycles. The van der Waals surface area contributed by atoms with Crippen LogP contribution in [0.4, 0.5) is 11.4 Å². The summed E-state index contributed by atoms with van der Waals surface area (Å²) in [6.07, 6.45) is 5.04. The van der Waals surface area contributed by atoms with E-state index in [2.05, 4.69) is 0 Å². The number of ether oxygens (including phenoxy) is 1. The van der Waals surface area contributed by atoms with E-state index in [-0.39, 0.29) is 23.2 Å². The minimum atomic E-state index is -0.652. The fourth-order valence-corrected chi connectivity index (χ4v) is 2.22. The summed E-state index contributed by atoms with van der Waals surface area (Å²) in [7, 11) is 0. The van der Waals surface area contributed by atoms with Crippen molar-refractivity contribution < 1.29 is 14.6 Å². The lowest BCUT2D eigenvalue weighted by atomic mass is 9.98. The summed E-state index contributed by atoms with van der Waals surface area (Å²) in [4.78, 5) is 20.2. The Balaban J connectivity index is 2.22. The van der Waals surface area contributed by atoms with Crippen molar-refractivity contribution in [1.29, 1.82) is 0 Å². The second kappa shape index (κ2) is 5.64. The average molecular weight is 266 g/mol. The van der Waals surface area contributed by atoms with E-state index < -0.39 is 9.85 Å². The quantitative estimate of drug-likeness (QED) is 0.615. The smallest absolute Gasteiger partial charge is 0.280 e. The summed E-state index contributed by atoms with van der Waals surface area (Å²) in [6.45, 7) is 0. The highest BCUT2D eigenvalue weighted by molar-refractivity contribution is 5.49. The lowest BCUT2D eigenvalue weighted by Gasteiger charge is -2.22. The molecule has 7 heteroatoms. The molecule has 1 aromatic carbocycles. The molecule has 1 aliphatic carbocycles. The fraction of sp³-hybridized carbons (Fsp3) is 0.500. The topological polar surface area (TPSA) is 95.5 Å². The molecule has 0 bridgehead atoms. The van der Waals surface area contributed by atoms with Crippen LogP contribution >= 0.6 is 0 Å². The fourth-order valence-electron chi connectivity index (χ4n) is 2.22. The van der Waals surface area contributed by atoms with E-state index in [9.17, 15) is 20.2 Å². The number of hydrogen-bond acceptors (Lipinski definition) is 5. The van der Waals surface area contributed by atoms with Gasteiger partial charge >= 0.3 is 0 Å². The van der Waals surface area contributed by atoms with Crippen LogP contribution < -0.4 is 4.74 Å². The highest BCUT2D eigenvalue weighted by atomic mass is 16.6. The van der Waals surface area contributed by atoms with E-state index in [1.807, 2.05) is 0 Å². The maximum absolute atomic E-state index is 10.7. The summed E-state index contributed by atoms with van der Waals surface area (Å²) < 4.78 is 5.63. The van der Waals surface area contributed by atoms with Gasteiger partial charge in [-0.1, -0.05) is 6.42 Å². The van der Waals surface area contributed by atoms with E-state index in [1.54, 1.807) is 0 Å². The number of nitrogens with zero attached hydrogens (tertiary/aromatic N) is 2. The highest BCUT2D eigenvalue weighted by Crippen LogP contribution is 2.30. The maximum atomic E-state index is 10.7. The molecule has 1 saturated carbocycles. The monoisotopic (exact) mass is 266 g/mol. The third-order valence-electron chi connectivity index (χ3n) is 3.15. The van der Waals surface area contributed by atoms with E-state index >= 15 is 0 Å². The number of nitro groups is 2. The average Bonchev–Trinajstić information content (AvgIpc) is 2.39. The molecule has 7 nitrogen and oxygen atoms in total. The molecule has 2 rings (SSSR count). The minimum Gasteiger partial charge on any atom is -0.490 e. The van der Waals surface area contributed by atoms with Gasteiger partial charge in [-0.15, -0.1) is 0 Å². The molecule has 1 fully saturated rings. The Morgan fingerprint density at radius 2 is 1.47 bits per heavy atom. The normalized spacial score (nSPS) is 16.0.